The molecule has 8 heteroatoms. The average molecular weight is 376 g/mol. The Bertz CT molecular complexity index is 720. The topological polar surface area (TPSA) is 55.5 Å². The zero-order valence-electron chi connectivity index (χ0n) is 14.0. The van der Waals surface area contributed by atoms with E-state index in [1.165, 1.54) is 12.0 Å². The third-order valence-corrected chi connectivity index (χ3v) is 6.41. The van der Waals surface area contributed by atoms with Gasteiger partial charge < -0.3 is 9.64 Å². The Balaban J connectivity index is 1.62. The summed E-state index contributed by atoms with van der Waals surface area (Å²) >= 11 is 3.63. The molecule has 0 spiro atoms. The molecule has 0 radical (unpaired) electrons. The summed E-state index contributed by atoms with van der Waals surface area (Å²) in [7, 11) is 0. The normalized spacial score (nSPS) is 18.4. The maximum absolute atomic E-state index is 5.44. The zero-order chi connectivity index (χ0) is 16.9. The third-order valence-electron chi connectivity index (χ3n) is 4.04. The van der Waals surface area contributed by atoms with E-state index in [1.54, 1.807) is 0 Å². The fourth-order valence-electron chi connectivity index (χ4n) is 2.73. The molecule has 6 nitrogen and oxygen atoms in total. The highest BCUT2D eigenvalue weighted by Crippen LogP contribution is 2.28. The van der Waals surface area contributed by atoms with Crippen LogP contribution < -0.4 is 4.90 Å². The van der Waals surface area contributed by atoms with Gasteiger partial charge in [-0.1, -0.05) is 53.9 Å². The number of nitrogens with zero attached hydrogens (tertiary/aromatic N) is 5. The van der Waals surface area contributed by atoms with Crippen LogP contribution in [0.3, 0.4) is 0 Å². The van der Waals surface area contributed by atoms with Crippen LogP contribution in [0, 0.1) is 0 Å². The summed E-state index contributed by atoms with van der Waals surface area (Å²) in [5.41, 5.74) is 1.20. The van der Waals surface area contributed by atoms with Crippen LogP contribution in [0.25, 0.3) is 0 Å². The lowest BCUT2D eigenvalue weighted by molar-refractivity contribution is 0.122. The van der Waals surface area contributed by atoms with Crippen molar-refractivity contribution >= 4 is 39.8 Å². The fourth-order valence-corrected chi connectivity index (χ4v) is 4.97. The minimum Gasteiger partial charge on any atom is -0.378 e. The van der Waals surface area contributed by atoms with E-state index in [4.69, 9.17) is 19.8 Å². The lowest BCUT2D eigenvalue weighted by Gasteiger charge is -2.25. The molecule has 1 aromatic carbocycles. The van der Waals surface area contributed by atoms with Gasteiger partial charge in [0.15, 0.2) is 0 Å². The maximum Gasteiger partial charge on any atom is 0.251 e. The molecule has 0 saturated carbocycles. The molecule has 3 heterocycles. The second-order valence-corrected chi connectivity index (χ2v) is 8.31. The summed E-state index contributed by atoms with van der Waals surface area (Å²) < 4.78 is 8.46. The van der Waals surface area contributed by atoms with E-state index in [0.717, 1.165) is 48.1 Å². The minimum atomic E-state index is 0.680. The van der Waals surface area contributed by atoms with Gasteiger partial charge in [0, 0.05) is 24.6 Å². The van der Waals surface area contributed by atoms with E-state index < -0.39 is 0 Å². The molecule has 2 saturated heterocycles. The SMILES string of the molecule is c1ccc(Cn2nc(N3CCOCC3)nc2N=C2SCCCS2)cc1. The van der Waals surface area contributed by atoms with Crippen LogP contribution in [0.4, 0.5) is 11.9 Å². The first-order chi connectivity index (χ1) is 12.4. The summed E-state index contributed by atoms with van der Waals surface area (Å²) in [5.74, 6) is 3.72. The summed E-state index contributed by atoms with van der Waals surface area (Å²) in [5, 5.41) is 4.74. The van der Waals surface area contributed by atoms with Crippen LogP contribution in [0.5, 0.6) is 0 Å². The third kappa shape index (κ3) is 4.37. The van der Waals surface area contributed by atoms with Crippen molar-refractivity contribution in [2.75, 3.05) is 42.7 Å². The molecule has 0 N–H and O–H groups in total. The standard InChI is InChI=1S/C17H21N5OS2/c1-2-5-14(6-3-1)13-22-15(19-17-24-11-4-12-25-17)18-16(20-22)21-7-9-23-10-8-21/h1-3,5-6H,4,7-13H2. The lowest BCUT2D eigenvalue weighted by Crippen LogP contribution is -2.37. The van der Waals surface area contributed by atoms with Crippen LogP contribution in [0.2, 0.25) is 0 Å². The number of benzene rings is 1. The smallest absolute Gasteiger partial charge is 0.251 e. The molecular formula is C17H21N5OS2. The number of rotatable bonds is 4. The van der Waals surface area contributed by atoms with E-state index in [1.807, 2.05) is 46.4 Å². The van der Waals surface area contributed by atoms with E-state index in [9.17, 15) is 0 Å². The van der Waals surface area contributed by atoms with Crippen LogP contribution >= 0.6 is 23.5 Å². The van der Waals surface area contributed by atoms with Gasteiger partial charge in [0.2, 0.25) is 5.95 Å². The number of hydrogen-bond acceptors (Lipinski definition) is 7. The van der Waals surface area contributed by atoms with Gasteiger partial charge in [0.05, 0.1) is 19.8 Å². The van der Waals surface area contributed by atoms with Crippen LogP contribution in [0.1, 0.15) is 12.0 Å². The predicted octanol–water partition coefficient (Wildman–Crippen LogP) is 3.02. The molecule has 2 aliphatic heterocycles. The van der Waals surface area contributed by atoms with Gasteiger partial charge in [-0.25, -0.2) is 4.68 Å². The number of thioether (sulfide) groups is 2. The van der Waals surface area contributed by atoms with Gasteiger partial charge in [0.1, 0.15) is 4.38 Å². The minimum absolute atomic E-state index is 0.680. The first kappa shape index (κ1) is 16.9. The quantitative estimate of drug-likeness (QED) is 0.819. The summed E-state index contributed by atoms with van der Waals surface area (Å²) in [4.78, 5) is 11.7. The number of morpholine rings is 1. The molecule has 0 amide bonds. The Morgan fingerprint density at radius 2 is 1.84 bits per heavy atom. The van der Waals surface area contributed by atoms with E-state index in [0.29, 0.717) is 12.5 Å². The second-order valence-electron chi connectivity index (χ2n) is 5.88. The molecule has 0 unspecified atom stereocenters. The monoisotopic (exact) mass is 375 g/mol. The van der Waals surface area contributed by atoms with Crippen molar-refractivity contribution < 1.29 is 4.74 Å². The molecule has 4 rings (SSSR count). The lowest BCUT2D eigenvalue weighted by atomic mass is 10.2. The van der Waals surface area contributed by atoms with E-state index in [2.05, 4.69) is 17.0 Å². The molecule has 0 atom stereocenters. The Kier molecular flexibility index (Phi) is 5.58. The second kappa shape index (κ2) is 8.25. The van der Waals surface area contributed by atoms with Crippen molar-refractivity contribution in [3.8, 4) is 0 Å². The Hall–Kier alpha value is -1.51. The largest absolute Gasteiger partial charge is 0.378 e. The van der Waals surface area contributed by atoms with Gasteiger partial charge in [-0.15, -0.1) is 5.10 Å². The zero-order valence-corrected chi connectivity index (χ0v) is 15.6. The molecule has 25 heavy (non-hydrogen) atoms. The van der Waals surface area contributed by atoms with Crippen molar-refractivity contribution in [3.63, 3.8) is 0 Å². The first-order valence-corrected chi connectivity index (χ1v) is 10.5. The van der Waals surface area contributed by atoms with Gasteiger partial charge >= 0.3 is 0 Å². The Morgan fingerprint density at radius 3 is 2.60 bits per heavy atom. The van der Waals surface area contributed by atoms with Crippen molar-refractivity contribution in [1.82, 2.24) is 14.8 Å². The highest BCUT2D eigenvalue weighted by molar-refractivity contribution is 8.39. The Morgan fingerprint density at radius 1 is 1.08 bits per heavy atom. The average Bonchev–Trinajstić information content (AvgIpc) is 3.06. The van der Waals surface area contributed by atoms with Gasteiger partial charge in [-0.2, -0.15) is 9.98 Å². The van der Waals surface area contributed by atoms with Gasteiger partial charge in [-0.3, -0.25) is 0 Å². The molecule has 2 aliphatic rings. The first-order valence-electron chi connectivity index (χ1n) is 8.54. The molecule has 1 aromatic heterocycles. The number of aliphatic imine (C=N–C) groups is 1. The number of aromatic nitrogens is 3. The van der Waals surface area contributed by atoms with Crippen molar-refractivity contribution in [2.24, 2.45) is 4.99 Å². The van der Waals surface area contributed by atoms with Crippen LogP contribution in [0.15, 0.2) is 35.3 Å². The van der Waals surface area contributed by atoms with E-state index >= 15 is 0 Å². The molecule has 0 bridgehead atoms. The summed E-state index contributed by atoms with van der Waals surface area (Å²) in [6.07, 6.45) is 1.24. The molecule has 0 aliphatic carbocycles. The summed E-state index contributed by atoms with van der Waals surface area (Å²) in [6.45, 7) is 3.79. The molecule has 2 fully saturated rings. The number of hydrogen-bond donors (Lipinski definition) is 0. The van der Waals surface area contributed by atoms with Crippen molar-refractivity contribution in [2.45, 2.75) is 13.0 Å². The van der Waals surface area contributed by atoms with Crippen LogP contribution in [-0.4, -0.2) is 56.9 Å². The molecular weight excluding hydrogens is 354 g/mol. The highest BCUT2D eigenvalue weighted by Gasteiger charge is 2.19. The maximum atomic E-state index is 5.44. The van der Waals surface area contributed by atoms with Crippen LogP contribution in [-0.2, 0) is 11.3 Å². The predicted molar refractivity (Wildman–Crippen MR) is 105 cm³/mol. The van der Waals surface area contributed by atoms with E-state index in [-0.39, 0.29) is 0 Å². The van der Waals surface area contributed by atoms with Gasteiger partial charge in [-0.05, 0) is 12.0 Å². The summed E-state index contributed by atoms with van der Waals surface area (Å²) in [6, 6.07) is 10.3. The van der Waals surface area contributed by atoms with Crippen molar-refractivity contribution in [1.29, 1.82) is 0 Å². The fraction of sp³-hybridized carbons (Fsp3) is 0.471. The number of ether oxygens (including phenoxy) is 1. The molecule has 132 valence electrons. The molecule has 2 aromatic rings. The van der Waals surface area contributed by atoms with Gasteiger partial charge in [0.25, 0.3) is 5.95 Å². The highest BCUT2D eigenvalue weighted by atomic mass is 32.2. The van der Waals surface area contributed by atoms with Crippen molar-refractivity contribution in [3.05, 3.63) is 35.9 Å². The number of anilines is 1. The Labute approximate surface area is 156 Å².